The van der Waals surface area contributed by atoms with Gasteiger partial charge in [0.25, 0.3) is 5.91 Å². The molecule has 1 saturated heterocycles. The Labute approximate surface area is 278 Å². The number of hydrogen-bond donors (Lipinski definition) is 1. The van der Waals surface area contributed by atoms with Crippen molar-refractivity contribution in [2.45, 2.75) is 70.0 Å². The van der Waals surface area contributed by atoms with E-state index >= 15 is 0 Å². The van der Waals surface area contributed by atoms with Crippen LogP contribution in [0.5, 0.6) is 0 Å². The van der Waals surface area contributed by atoms with Gasteiger partial charge in [-0.25, -0.2) is 0 Å². The number of nitrogens with one attached hydrogen (secondary N) is 1. The maximum atomic E-state index is 13.1. The van der Waals surface area contributed by atoms with E-state index in [-0.39, 0.29) is 18.0 Å². The van der Waals surface area contributed by atoms with Crippen LogP contribution < -0.4 is 5.32 Å². The second-order valence-corrected chi connectivity index (χ2v) is 14.2. The molecule has 6 atom stereocenters. The number of likely N-dealkylation sites (tertiary alicyclic amines) is 1. The maximum absolute atomic E-state index is 13.1. The minimum atomic E-state index is -0.785. The highest BCUT2D eigenvalue weighted by Crippen LogP contribution is 2.54. The number of hydrogen-bond acceptors (Lipinski definition) is 8. The van der Waals surface area contributed by atoms with E-state index in [4.69, 9.17) is 4.42 Å². The molecule has 1 amide bonds. The number of aromatic nitrogens is 2. The van der Waals surface area contributed by atoms with Gasteiger partial charge in [0.05, 0.1) is 6.07 Å². The number of carbonyl (C=O) groups is 1. The fourth-order valence-electron chi connectivity index (χ4n) is 8.06. The van der Waals surface area contributed by atoms with Gasteiger partial charge in [0.1, 0.15) is 11.5 Å². The number of nitriles is 1. The first-order chi connectivity index (χ1) is 22.4. The SMILES string of the molecule is C=C(c1ccc2c(c1)CCc1cc(C(=O)N(C)C)ccc1C2(C[C@H](C)NCC(=C)N1C(C#N)C[C@@H]2[C@H](C)[C@@H]21)c1nnc(C)o1)N(C)C. The van der Waals surface area contributed by atoms with Crippen LogP contribution in [0.3, 0.4) is 0 Å². The first kappa shape index (κ1) is 32.5. The second-order valence-electron chi connectivity index (χ2n) is 14.2. The molecule has 2 fully saturated rings. The lowest BCUT2D eigenvalue weighted by molar-refractivity contribution is 0.0827. The van der Waals surface area contributed by atoms with Gasteiger partial charge in [-0.1, -0.05) is 38.3 Å². The topological polar surface area (TPSA) is 102 Å². The zero-order valence-corrected chi connectivity index (χ0v) is 28.8. The highest BCUT2D eigenvalue weighted by atomic mass is 16.4. The number of rotatable bonds is 10. The molecule has 0 spiro atoms. The van der Waals surface area contributed by atoms with Crippen molar-refractivity contribution in [3.63, 3.8) is 0 Å². The smallest absolute Gasteiger partial charge is 0.253 e. The Kier molecular flexibility index (Phi) is 8.52. The lowest BCUT2D eigenvalue weighted by Crippen LogP contribution is -2.42. The molecular weight excluding hydrogens is 586 g/mol. The van der Waals surface area contributed by atoms with Crippen LogP contribution in [-0.4, -0.2) is 83.7 Å². The van der Waals surface area contributed by atoms with Gasteiger partial charge < -0.3 is 24.4 Å². The standard InChI is InChI=1S/C38H47N7O2/c1-22(40-21-23(2)45-31(20-39)18-32-24(3)35(32)45)19-38(37-42-41-26(5)47-37)33-14-12-27(25(4)43(6)7)16-28(33)10-11-29-17-30(13-15-34(29)38)36(46)44(8)9/h12-17,22,24,31-32,35,40H,2,4,10-11,18-19,21H2,1,3,5-9H3/t22-,24-,31?,32+,35-,38?/m0/s1. The lowest BCUT2D eigenvalue weighted by Gasteiger charge is -2.37. The van der Waals surface area contributed by atoms with Crippen molar-refractivity contribution in [1.82, 2.24) is 30.2 Å². The summed E-state index contributed by atoms with van der Waals surface area (Å²) in [6.07, 6.45) is 3.09. The predicted molar refractivity (Wildman–Crippen MR) is 183 cm³/mol. The molecule has 2 unspecified atom stereocenters. The first-order valence-corrected chi connectivity index (χ1v) is 16.6. The van der Waals surface area contributed by atoms with E-state index in [9.17, 15) is 10.1 Å². The minimum Gasteiger partial charge on any atom is -0.424 e. The van der Waals surface area contributed by atoms with Gasteiger partial charge in [0.15, 0.2) is 0 Å². The Balaban J connectivity index is 1.43. The number of amides is 1. The fourth-order valence-corrected chi connectivity index (χ4v) is 8.06. The van der Waals surface area contributed by atoms with Crippen molar-refractivity contribution in [3.8, 4) is 6.07 Å². The third-order valence-electron chi connectivity index (χ3n) is 10.7. The summed E-state index contributed by atoms with van der Waals surface area (Å²) in [5, 5.41) is 22.6. The number of carbonyl (C=O) groups excluding carboxylic acids is 1. The van der Waals surface area contributed by atoms with Crippen LogP contribution in [0.1, 0.15) is 76.6 Å². The van der Waals surface area contributed by atoms with Crippen molar-refractivity contribution >= 4 is 11.6 Å². The molecule has 1 aromatic heterocycles. The van der Waals surface area contributed by atoms with E-state index < -0.39 is 5.41 Å². The number of aryl methyl sites for hydroxylation is 3. The monoisotopic (exact) mass is 633 g/mol. The number of fused-ring (bicyclic) bond motifs is 3. The Morgan fingerprint density at radius 2 is 1.72 bits per heavy atom. The largest absolute Gasteiger partial charge is 0.424 e. The number of piperidine rings is 1. The first-order valence-electron chi connectivity index (χ1n) is 16.6. The number of nitrogens with zero attached hydrogens (tertiary/aromatic N) is 6. The van der Waals surface area contributed by atoms with Crippen LogP contribution in [0.15, 0.2) is 59.7 Å². The second kappa shape index (κ2) is 12.3. The quantitative estimate of drug-likeness (QED) is 0.327. The molecule has 246 valence electrons. The zero-order chi connectivity index (χ0) is 33.8. The summed E-state index contributed by atoms with van der Waals surface area (Å²) >= 11 is 0. The summed E-state index contributed by atoms with van der Waals surface area (Å²) in [5.74, 6) is 2.21. The molecule has 47 heavy (non-hydrogen) atoms. The van der Waals surface area contributed by atoms with Gasteiger partial charge >= 0.3 is 0 Å². The van der Waals surface area contributed by atoms with Crippen molar-refractivity contribution in [3.05, 3.63) is 100 Å². The van der Waals surface area contributed by atoms with Gasteiger partial charge in [0, 0.05) is 70.7 Å². The van der Waals surface area contributed by atoms with E-state index in [0.29, 0.717) is 48.2 Å². The summed E-state index contributed by atoms with van der Waals surface area (Å²) in [6, 6.07) is 15.5. The Hall–Kier alpha value is -4.42. The third-order valence-corrected chi connectivity index (χ3v) is 10.7. The molecule has 0 radical (unpaired) electrons. The van der Waals surface area contributed by atoms with E-state index in [0.717, 1.165) is 52.9 Å². The van der Waals surface area contributed by atoms with Gasteiger partial charge in [-0.15, -0.1) is 10.2 Å². The van der Waals surface area contributed by atoms with Crippen molar-refractivity contribution < 1.29 is 9.21 Å². The summed E-state index contributed by atoms with van der Waals surface area (Å²) in [7, 11) is 7.57. The minimum absolute atomic E-state index is 0.00665. The third kappa shape index (κ3) is 5.63. The summed E-state index contributed by atoms with van der Waals surface area (Å²) in [5.41, 5.74) is 7.31. The molecule has 1 saturated carbocycles. The van der Waals surface area contributed by atoms with Crippen molar-refractivity contribution in [2.24, 2.45) is 11.8 Å². The molecule has 3 aromatic rings. The highest BCUT2D eigenvalue weighted by molar-refractivity contribution is 5.94. The average molecular weight is 634 g/mol. The molecule has 2 aliphatic carbocycles. The molecule has 1 aliphatic heterocycles. The van der Waals surface area contributed by atoms with E-state index in [1.807, 2.05) is 38.1 Å². The molecule has 1 N–H and O–H groups in total. The molecule has 9 nitrogen and oxygen atoms in total. The molecule has 3 aliphatic rings. The Bertz CT molecular complexity index is 1690. The van der Waals surface area contributed by atoms with E-state index in [2.05, 4.69) is 77.8 Å². The van der Waals surface area contributed by atoms with Crippen LogP contribution in [0, 0.1) is 30.1 Å². The number of benzene rings is 2. The molecule has 0 bridgehead atoms. The molecule has 2 heterocycles. The fraction of sp³-hybridized carbons (Fsp3) is 0.474. The summed E-state index contributed by atoms with van der Waals surface area (Å²) < 4.78 is 6.38. The van der Waals surface area contributed by atoms with Crippen molar-refractivity contribution in [2.75, 3.05) is 34.7 Å². The highest BCUT2D eigenvalue weighted by Gasteiger charge is 2.58. The normalized spacial score (nSPS) is 24.7. The van der Waals surface area contributed by atoms with Crippen LogP contribution >= 0.6 is 0 Å². The lowest BCUT2D eigenvalue weighted by atomic mass is 9.68. The van der Waals surface area contributed by atoms with Crippen LogP contribution in [0.2, 0.25) is 0 Å². The zero-order valence-electron chi connectivity index (χ0n) is 28.8. The van der Waals surface area contributed by atoms with E-state index in [1.54, 1.807) is 19.0 Å². The molecule has 2 aromatic carbocycles. The van der Waals surface area contributed by atoms with Crippen LogP contribution in [0.25, 0.3) is 5.70 Å². The van der Waals surface area contributed by atoms with Gasteiger partial charge in [-0.3, -0.25) is 4.79 Å². The predicted octanol–water partition coefficient (Wildman–Crippen LogP) is 5.16. The molecule has 6 rings (SSSR count). The molecule has 9 heteroatoms. The van der Waals surface area contributed by atoms with Crippen molar-refractivity contribution in [1.29, 1.82) is 5.26 Å². The summed E-state index contributed by atoms with van der Waals surface area (Å²) in [6.45, 7) is 15.6. The Morgan fingerprint density at radius 1 is 1.09 bits per heavy atom. The average Bonchev–Trinajstić information content (AvgIpc) is 3.34. The van der Waals surface area contributed by atoms with Crippen LogP contribution in [0.4, 0.5) is 0 Å². The van der Waals surface area contributed by atoms with Crippen LogP contribution in [-0.2, 0) is 18.3 Å². The van der Waals surface area contributed by atoms with Gasteiger partial charge in [-0.2, -0.15) is 5.26 Å². The van der Waals surface area contributed by atoms with E-state index in [1.165, 1.54) is 5.56 Å². The van der Waals surface area contributed by atoms with Gasteiger partial charge in [0.2, 0.25) is 11.8 Å². The maximum Gasteiger partial charge on any atom is 0.253 e. The Morgan fingerprint density at radius 3 is 2.30 bits per heavy atom. The van der Waals surface area contributed by atoms with Gasteiger partial charge in [-0.05, 0) is 90.5 Å². The summed E-state index contributed by atoms with van der Waals surface area (Å²) in [4.78, 5) is 19.0. The molecular formula is C38H47N7O2.